The highest BCUT2D eigenvalue weighted by atomic mass is 16.2. The maximum Gasteiger partial charge on any atom is 0.224 e. The molecule has 4 rings (SSSR count). The second kappa shape index (κ2) is 7.28. The van der Waals surface area contributed by atoms with Gasteiger partial charge >= 0.3 is 0 Å². The zero-order chi connectivity index (χ0) is 17.2. The lowest BCUT2D eigenvalue weighted by Gasteiger charge is -2.42. The van der Waals surface area contributed by atoms with Crippen LogP contribution in [0, 0.1) is 12.8 Å². The summed E-state index contributed by atoms with van der Waals surface area (Å²) < 4.78 is 0. The Balaban J connectivity index is 1.31. The van der Waals surface area contributed by atoms with Crippen LogP contribution in [0.2, 0.25) is 0 Å². The van der Waals surface area contributed by atoms with E-state index in [9.17, 15) is 4.79 Å². The maximum atomic E-state index is 12.4. The number of piperidine rings is 2. The van der Waals surface area contributed by atoms with Gasteiger partial charge in [-0.2, -0.15) is 0 Å². The number of hydrogen-bond donors (Lipinski definition) is 1. The van der Waals surface area contributed by atoms with Crippen LogP contribution in [0.4, 0.5) is 5.82 Å². The summed E-state index contributed by atoms with van der Waals surface area (Å²) in [6.07, 6.45) is 10.4. The first-order valence-electron chi connectivity index (χ1n) is 9.77. The highest BCUT2D eigenvalue weighted by Crippen LogP contribution is 2.27. The number of aromatic nitrogens is 2. The molecule has 3 fully saturated rings. The molecule has 3 heterocycles. The van der Waals surface area contributed by atoms with E-state index in [1.54, 1.807) is 12.4 Å². The monoisotopic (exact) mass is 343 g/mol. The average molecular weight is 343 g/mol. The van der Waals surface area contributed by atoms with E-state index in [1.807, 2.05) is 6.92 Å². The lowest BCUT2D eigenvalue weighted by Crippen LogP contribution is -2.51. The molecule has 1 N–H and O–H groups in total. The number of nitrogens with one attached hydrogen (secondary N) is 1. The van der Waals surface area contributed by atoms with Gasteiger partial charge in [0.2, 0.25) is 5.91 Å². The summed E-state index contributed by atoms with van der Waals surface area (Å²) >= 11 is 0. The van der Waals surface area contributed by atoms with Gasteiger partial charge in [-0.1, -0.05) is 0 Å². The summed E-state index contributed by atoms with van der Waals surface area (Å²) in [4.78, 5) is 26.2. The van der Waals surface area contributed by atoms with E-state index in [1.165, 1.54) is 12.8 Å². The minimum atomic E-state index is 0.189. The van der Waals surface area contributed by atoms with Gasteiger partial charge in [0.05, 0.1) is 11.6 Å². The number of carbonyl (C=O) groups excluding carboxylic acids is 1. The third-order valence-corrected chi connectivity index (χ3v) is 5.88. The number of anilines is 1. The Bertz CT molecular complexity index is 610. The molecule has 1 amide bonds. The summed E-state index contributed by atoms with van der Waals surface area (Å²) in [6.45, 7) is 6.16. The highest BCUT2D eigenvalue weighted by Gasteiger charge is 2.34. The molecule has 1 saturated carbocycles. The zero-order valence-corrected chi connectivity index (χ0v) is 15.2. The number of carbonyl (C=O) groups is 1. The molecule has 1 unspecified atom stereocenters. The second-order valence-electron chi connectivity index (χ2n) is 7.80. The Morgan fingerprint density at radius 1 is 1.08 bits per heavy atom. The number of rotatable bonds is 4. The van der Waals surface area contributed by atoms with Crippen molar-refractivity contribution in [2.45, 2.75) is 57.5 Å². The molecular weight excluding hydrogens is 314 g/mol. The van der Waals surface area contributed by atoms with Crippen LogP contribution in [-0.4, -0.2) is 59.0 Å². The third kappa shape index (κ3) is 3.94. The molecule has 1 aromatic rings. The SMILES string of the molecule is Cc1nccnc1N1CCC(N2CCCC(C(=O)NC3CC3)C2)CC1. The summed E-state index contributed by atoms with van der Waals surface area (Å²) in [5.41, 5.74) is 1.01. The van der Waals surface area contributed by atoms with E-state index in [-0.39, 0.29) is 5.92 Å². The highest BCUT2D eigenvalue weighted by molar-refractivity contribution is 5.79. The molecule has 1 aromatic heterocycles. The molecule has 2 saturated heterocycles. The Morgan fingerprint density at radius 3 is 2.56 bits per heavy atom. The number of hydrogen-bond acceptors (Lipinski definition) is 5. The van der Waals surface area contributed by atoms with Crippen LogP contribution in [0.1, 0.15) is 44.2 Å². The van der Waals surface area contributed by atoms with Gasteiger partial charge in [-0.25, -0.2) is 4.98 Å². The first kappa shape index (κ1) is 16.8. The smallest absolute Gasteiger partial charge is 0.224 e. The largest absolute Gasteiger partial charge is 0.355 e. The van der Waals surface area contributed by atoms with Gasteiger partial charge in [0.25, 0.3) is 0 Å². The van der Waals surface area contributed by atoms with Crippen molar-refractivity contribution in [1.82, 2.24) is 20.2 Å². The van der Waals surface area contributed by atoms with Crippen LogP contribution in [0.15, 0.2) is 12.4 Å². The predicted octanol–water partition coefficient (Wildman–Crippen LogP) is 1.74. The molecule has 0 spiro atoms. The number of likely N-dealkylation sites (tertiary alicyclic amines) is 1. The maximum absolute atomic E-state index is 12.4. The van der Waals surface area contributed by atoms with Crippen molar-refractivity contribution >= 4 is 11.7 Å². The number of amides is 1. The van der Waals surface area contributed by atoms with Gasteiger partial charge in [-0.05, 0) is 52.0 Å². The third-order valence-electron chi connectivity index (χ3n) is 5.88. The summed E-state index contributed by atoms with van der Waals surface area (Å²) in [5.74, 6) is 1.51. The summed E-state index contributed by atoms with van der Waals surface area (Å²) in [7, 11) is 0. The standard InChI is InChI=1S/C19H29N5O/c1-14-18(21-9-8-20-14)23-11-6-17(7-12-23)24-10-2-3-15(13-24)19(25)22-16-4-5-16/h8-9,15-17H,2-7,10-13H2,1H3,(H,22,25). The molecule has 6 heteroatoms. The van der Waals surface area contributed by atoms with Crippen molar-refractivity contribution in [1.29, 1.82) is 0 Å². The lowest BCUT2D eigenvalue weighted by molar-refractivity contribution is -0.127. The molecule has 0 bridgehead atoms. The molecule has 0 radical (unpaired) electrons. The Kier molecular flexibility index (Phi) is 4.88. The predicted molar refractivity (Wildman–Crippen MR) is 97.5 cm³/mol. The molecule has 3 aliphatic rings. The van der Waals surface area contributed by atoms with Crippen molar-refractivity contribution in [2.24, 2.45) is 5.92 Å². The van der Waals surface area contributed by atoms with E-state index >= 15 is 0 Å². The van der Waals surface area contributed by atoms with Crippen molar-refractivity contribution in [3.63, 3.8) is 0 Å². The van der Waals surface area contributed by atoms with E-state index in [2.05, 4.69) is 25.1 Å². The van der Waals surface area contributed by atoms with Gasteiger partial charge < -0.3 is 10.2 Å². The first-order valence-corrected chi connectivity index (χ1v) is 9.77. The van der Waals surface area contributed by atoms with Crippen LogP contribution < -0.4 is 10.2 Å². The van der Waals surface area contributed by atoms with Gasteiger partial charge in [0.1, 0.15) is 5.82 Å². The van der Waals surface area contributed by atoms with E-state index in [0.29, 0.717) is 18.0 Å². The van der Waals surface area contributed by atoms with Crippen molar-refractivity contribution < 1.29 is 4.79 Å². The van der Waals surface area contributed by atoms with Crippen LogP contribution in [0.25, 0.3) is 0 Å². The summed E-state index contributed by atoms with van der Waals surface area (Å²) in [6, 6.07) is 1.08. The fourth-order valence-corrected chi connectivity index (χ4v) is 4.25. The fraction of sp³-hybridized carbons (Fsp3) is 0.737. The summed E-state index contributed by atoms with van der Waals surface area (Å²) in [5, 5.41) is 3.19. The van der Waals surface area contributed by atoms with Crippen molar-refractivity contribution in [3.8, 4) is 0 Å². The van der Waals surface area contributed by atoms with E-state index < -0.39 is 0 Å². The molecule has 1 atom stereocenters. The van der Waals surface area contributed by atoms with Gasteiger partial charge in [-0.3, -0.25) is 14.7 Å². The minimum Gasteiger partial charge on any atom is -0.355 e. The molecule has 6 nitrogen and oxygen atoms in total. The fourth-order valence-electron chi connectivity index (χ4n) is 4.25. The number of nitrogens with zero attached hydrogens (tertiary/aromatic N) is 4. The minimum absolute atomic E-state index is 0.189. The first-order chi connectivity index (χ1) is 12.2. The van der Waals surface area contributed by atoms with Crippen LogP contribution in [0.5, 0.6) is 0 Å². The van der Waals surface area contributed by atoms with E-state index in [4.69, 9.17) is 0 Å². The Hall–Kier alpha value is -1.69. The van der Waals surface area contributed by atoms with Gasteiger partial charge in [-0.15, -0.1) is 0 Å². The molecule has 136 valence electrons. The number of aryl methyl sites for hydroxylation is 1. The Morgan fingerprint density at radius 2 is 1.84 bits per heavy atom. The van der Waals surface area contributed by atoms with E-state index in [0.717, 1.165) is 63.4 Å². The van der Waals surface area contributed by atoms with Crippen molar-refractivity contribution in [2.75, 3.05) is 31.1 Å². The quantitative estimate of drug-likeness (QED) is 0.902. The van der Waals surface area contributed by atoms with Crippen LogP contribution in [-0.2, 0) is 4.79 Å². The Labute approximate surface area is 150 Å². The molecule has 0 aromatic carbocycles. The molecule has 2 aliphatic heterocycles. The topological polar surface area (TPSA) is 61.4 Å². The molecule has 1 aliphatic carbocycles. The van der Waals surface area contributed by atoms with Gasteiger partial charge in [0.15, 0.2) is 0 Å². The normalized spacial score (nSPS) is 25.8. The average Bonchev–Trinajstić information content (AvgIpc) is 3.46. The molecular formula is C19H29N5O. The molecule has 25 heavy (non-hydrogen) atoms. The lowest BCUT2D eigenvalue weighted by atomic mass is 9.93. The zero-order valence-electron chi connectivity index (χ0n) is 15.2. The second-order valence-corrected chi connectivity index (χ2v) is 7.80. The van der Waals surface area contributed by atoms with Crippen LogP contribution in [0.3, 0.4) is 0 Å². The van der Waals surface area contributed by atoms with Crippen LogP contribution >= 0.6 is 0 Å². The van der Waals surface area contributed by atoms with Crippen molar-refractivity contribution in [3.05, 3.63) is 18.1 Å². The van der Waals surface area contributed by atoms with Gasteiger partial charge in [0, 0.05) is 44.1 Å².